The van der Waals surface area contributed by atoms with E-state index in [1.165, 1.54) is 0 Å². The SMILES string of the molecule is CCCn1cc(OC2CC(NCC)C2(CC)CC)cn1. The van der Waals surface area contributed by atoms with Gasteiger partial charge in [-0.2, -0.15) is 5.10 Å². The van der Waals surface area contributed by atoms with Crippen molar-refractivity contribution in [2.75, 3.05) is 6.54 Å². The zero-order valence-electron chi connectivity index (χ0n) is 13.4. The number of aryl methyl sites for hydroxylation is 1. The fraction of sp³-hybridized carbons (Fsp3) is 0.812. The van der Waals surface area contributed by atoms with Crippen molar-refractivity contribution in [3.8, 4) is 5.75 Å². The minimum Gasteiger partial charge on any atom is -0.486 e. The first-order chi connectivity index (χ1) is 9.70. The van der Waals surface area contributed by atoms with E-state index in [1.807, 2.05) is 17.1 Å². The molecule has 1 fully saturated rings. The summed E-state index contributed by atoms with van der Waals surface area (Å²) in [6.07, 6.45) is 8.73. The standard InChI is InChI=1S/C16H29N3O/c1-5-9-19-12-13(11-18-19)20-15-10-14(17-8-4)16(15,6-2)7-3/h11-12,14-15,17H,5-10H2,1-4H3. The van der Waals surface area contributed by atoms with Gasteiger partial charge in [0, 0.05) is 24.4 Å². The molecular weight excluding hydrogens is 250 g/mol. The predicted molar refractivity (Wildman–Crippen MR) is 82.0 cm³/mol. The minimum absolute atomic E-state index is 0.281. The molecule has 114 valence electrons. The highest BCUT2D eigenvalue weighted by atomic mass is 16.5. The lowest BCUT2D eigenvalue weighted by atomic mass is 9.58. The van der Waals surface area contributed by atoms with Crippen LogP contribution in [-0.4, -0.2) is 28.5 Å². The van der Waals surface area contributed by atoms with E-state index in [1.54, 1.807) is 0 Å². The summed E-state index contributed by atoms with van der Waals surface area (Å²) >= 11 is 0. The Morgan fingerprint density at radius 2 is 2.10 bits per heavy atom. The molecule has 0 aliphatic heterocycles. The summed E-state index contributed by atoms with van der Waals surface area (Å²) in [5.41, 5.74) is 0.281. The third kappa shape index (κ3) is 2.71. The van der Waals surface area contributed by atoms with Gasteiger partial charge in [-0.1, -0.05) is 27.7 Å². The Labute approximate surface area is 122 Å². The number of nitrogens with zero attached hydrogens (tertiary/aromatic N) is 2. The molecule has 2 rings (SSSR count). The van der Waals surface area contributed by atoms with Gasteiger partial charge >= 0.3 is 0 Å². The van der Waals surface area contributed by atoms with E-state index in [0.29, 0.717) is 12.1 Å². The minimum atomic E-state index is 0.281. The molecule has 1 aliphatic carbocycles. The van der Waals surface area contributed by atoms with Gasteiger partial charge in [0.1, 0.15) is 6.10 Å². The van der Waals surface area contributed by atoms with Crippen LogP contribution in [0.3, 0.4) is 0 Å². The molecule has 0 aromatic carbocycles. The number of rotatable bonds is 8. The summed E-state index contributed by atoms with van der Waals surface area (Å²) in [5, 5.41) is 7.96. The Morgan fingerprint density at radius 3 is 2.70 bits per heavy atom. The second-order valence-electron chi connectivity index (χ2n) is 5.83. The maximum absolute atomic E-state index is 6.23. The van der Waals surface area contributed by atoms with Crippen LogP contribution >= 0.6 is 0 Å². The van der Waals surface area contributed by atoms with Crippen LogP contribution in [0.2, 0.25) is 0 Å². The first-order valence-electron chi connectivity index (χ1n) is 8.12. The zero-order valence-corrected chi connectivity index (χ0v) is 13.4. The number of aromatic nitrogens is 2. The smallest absolute Gasteiger partial charge is 0.157 e. The molecule has 20 heavy (non-hydrogen) atoms. The average Bonchev–Trinajstić information content (AvgIpc) is 2.87. The Bertz CT molecular complexity index is 412. The van der Waals surface area contributed by atoms with Crippen LogP contribution in [0.25, 0.3) is 0 Å². The van der Waals surface area contributed by atoms with Crippen LogP contribution in [0.15, 0.2) is 12.4 Å². The fourth-order valence-corrected chi connectivity index (χ4v) is 3.57. The molecule has 2 unspecified atom stereocenters. The van der Waals surface area contributed by atoms with E-state index < -0.39 is 0 Å². The van der Waals surface area contributed by atoms with E-state index in [0.717, 1.165) is 44.5 Å². The maximum atomic E-state index is 6.23. The van der Waals surface area contributed by atoms with E-state index in [9.17, 15) is 0 Å². The van der Waals surface area contributed by atoms with Gasteiger partial charge in [0.25, 0.3) is 0 Å². The van der Waals surface area contributed by atoms with E-state index >= 15 is 0 Å². The van der Waals surface area contributed by atoms with Gasteiger partial charge in [0.2, 0.25) is 0 Å². The van der Waals surface area contributed by atoms with Crippen molar-refractivity contribution in [3.05, 3.63) is 12.4 Å². The number of hydrogen-bond acceptors (Lipinski definition) is 3. The molecule has 1 aromatic heterocycles. The van der Waals surface area contributed by atoms with E-state index in [2.05, 4.69) is 38.1 Å². The number of hydrogen-bond donors (Lipinski definition) is 1. The molecule has 1 aliphatic rings. The van der Waals surface area contributed by atoms with Gasteiger partial charge in [-0.25, -0.2) is 0 Å². The molecule has 1 heterocycles. The van der Waals surface area contributed by atoms with Crippen LogP contribution in [0.4, 0.5) is 0 Å². The molecule has 0 amide bonds. The van der Waals surface area contributed by atoms with Crippen molar-refractivity contribution >= 4 is 0 Å². The molecular formula is C16H29N3O. The van der Waals surface area contributed by atoms with Gasteiger partial charge in [-0.05, 0) is 25.8 Å². The lowest BCUT2D eigenvalue weighted by Gasteiger charge is -2.55. The molecule has 0 spiro atoms. The second-order valence-corrected chi connectivity index (χ2v) is 5.83. The van der Waals surface area contributed by atoms with Crippen molar-refractivity contribution in [2.45, 2.75) is 72.1 Å². The highest BCUT2D eigenvalue weighted by Gasteiger charge is 2.53. The van der Waals surface area contributed by atoms with Crippen molar-refractivity contribution in [3.63, 3.8) is 0 Å². The molecule has 1 aromatic rings. The van der Waals surface area contributed by atoms with Gasteiger partial charge in [-0.3, -0.25) is 4.68 Å². The number of ether oxygens (including phenoxy) is 1. The average molecular weight is 279 g/mol. The molecule has 0 radical (unpaired) electrons. The van der Waals surface area contributed by atoms with Crippen LogP contribution in [-0.2, 0) is 6.54 Å². The molecule has 1 N–H and O–H groups in total. The summed E-state index contributed by atoms with van der Waals surface area (Å²) in [7, 11) is 0. The Balaban J connectivity index is 2.01. The van der Waals surface area contributed by atoms with Crippen molar-refractivity contribution < 1.29 is 4.74 Å². The fourth-order valence-electron chi connectivity index (χ4n) is 3.57. The Kier molecular flexibility index (Phi) is 5.08. The largest absolute Gasteiger partial charge is 0.486 e. The van der Waals surface area contributed by atoms with Crippen molar-refractivity contribution in [1.29, 1.82) is 0 Å². The second kappa shape index (κ2) is 6.61. The highest BCUT2D eigenvalue weighted by Crippen LogP contribution is 2.48. The summed E-state index contributed by atoms with van der Waals surface area (Å²) < 4.78 is 8.20. The lowest BCUT2D eigenvalue weighted by molar-refractivity contribution is -0.0854. The quantitative estimate of drug-likeness (QED) is 0.794. The predicted octanol–water partition coefficient (Wildman–Crippen LogP) is 3.23. The summed E-state index contributed by atoms with van der Waals surface area (Å²) in [6, 6.07) is 0.596. The van der Waals surface area contributed by atoms with E-state index in [-0.39, 0.29) is 5.41 Å². The summed E-state index contributed by atoms with van der Waals surface area (Å²) in [4.78, 5) is 0. The molecule has 4 nitrogen and oxygen atoms in total. The normalized spacial score (nSPS) is 24.4. The molecule has 0 bridgehead atoms. The van der Waals surface area contributed by atoms with E-state index in [4.69, 9.17) is 4.74 Å². The molecule has 1 saturated carbocycles. The monoisotopic (exact) mass is 279 g/mol. The van der Waals surface area contributed by atoms with Gasteiger partial charge < -0.3 is 10.1 Å². The summed E-state index contributed by atoms with van der Waals surface area (Å²) in [6.45, 7) is 10.9. The first-order valence-corrected chi connectivity index (χ1v) is 8.12. The van der Waals surface area contributed by atoms with Gasteiger partial charge in [0.05, 0.1) is 12.4 Å². The molecule has 4 heteroatoms. The van der Waals surface area contributed by atoms with Gasteiger partial charge in [0.15, 0.2) is 5.75 Å². The van der Waals surface area contributed by atoms with Crippen molar-refractivity contribution in [2.24, 2.45) is 5.41 Å². The van der Waals surface area contributed by atoms with Crippen LogP contribution in [0.5, 0.6) is 5.75 Å². The topological polar surface area (TPSA) is 39.1 Å². The Morgan fingerprint density at radius 1 is 1.35 bits per heavy atom. The number of nitrogens with one attached hydrogen (secondary N) is 1. The molecule has 2 atom stereocenters. The van der Waals surface area contributed by atoms with Gasteiger partial charge in [-0.15, -0.1) is 0 Å². The zero-order chi connectivity index (χ0) is 14.6. The first kappa shape index (κ1) is 15.4. The highest BCUT2D eigenvalue weighted by molar-refractivity contribution is 5.16. The van der Waals surface area contributed by atoms with Crippen LogP contribution < -0.4 is 10.1 Å². The third-order valence-corrected chi connectivity index (χ3v) is 4.89. The Hall–Kier alpha value is -1.03. The lowest BCUT2D eigenvalue weighted by Crippen LogP contribution is -2.64. The maximum Gasteiger partial charge on any atom is 0.157 e. The van der Waals surface area contributed by atoms with Crippen LogP contribution in [0, 0.1) is 5.41 Å². The van der Waals surface area contributed by atoms with Crippen molar-refractivity contribution in [1.82, 2.24) is 15.1 Å². The third-order valence-electron chi connectivity index (χ3n) is 4.89. The molecule has 0 saturated heterocycles. The summed E-state index contributed by atoms with van der Waals surface area (Å²) in [5.74, 6) is 0.921. The van der Waals surface area contributed by atoms with Crippen LogP contribution in [0.1, 0.15) is 53.4 Å².